The Balaban J connectivity index is 2.03. The van der Waals surface area contributed by atoms with E-state index in [0.717, 1.165) is 23.1 Å². The van der Waals surface area contributed by atoms with Gasteiger partial charge in [-0.3, -0.25) is 4.79 Å². The van der Waals surface area contributed by atoms with Gasteiger partial charge in [-0.05, 0) is 41.3 Å². The van der Waals surface area contributed by atoms with Gasteiger partial charge >= 0.3 is 0 Å². The van der Waals surface area contributed by atoms with Gasteiger partial charge in [-0.2, -0.15) is 0 Å². The molecule has 2 N–H and O–H groups in total. The molecule has 1 aliphatic carbocycles. The molecule has 0 saturated heterocycles. The van der Waals surface area contributed by atoms with Crippen LogP contribution in [0, 0.1) is 0 Å². The fraction of sp³-hybridized carbons (Fsp3) is 0.118. The lowest BCUT2D eigenvalue weighted by atomic mass is 9.85. The summed E-state index contributed by atoms with van der Waals surface area (Å²) in [6.07, 6.45) is 3.06. The van der Waals surface area contributed by atoms with Crippen LogP contribution in [0.2, 0.25) is 0 Å². The van der Waals surface area contributed by atoms with Gasteiger partial charge in [-0.15, -0.1) is 0 Å². The van der Waals surface area contributed by atoms with Crippen LogP contribution < -0.4 is 5.14 Å². The van der Waals surface area contributed by atoms with Crippen molar-refractivity contribution in [3.8, 4) is 0 Å². The van der Waals surface area contributed by atoms with Gasteiger partial charge in [0.1, 0.15) is 0 Å². The smallest absolute Gasteiger partial charge is 0.238 e. The fourth-order valence-electron chi connectivity index (χ4n) is 2.61. The minimum atomic E-state index is -3.70. The summed E-state index contributed by atoms with van der Waals surface area (Å²) in [6, 6.07) is 14.0. The Morgan fingerprint density at radius 2 is 1.64 bits per heavy atom. The van der Waals surface area contributed by atoms with E-state index in [1.807, 2.05) is 24.3 Å². The maximum Gasteiger partial charge on any atom is 0.238 e. The molecule has 0 aliphatic heterocycles. The van der Waals surface area contributed by atoms with Gasteiger partial charge < -0.3 is 0 Å². The van der Waals surface area contributed by atoms with Crippen molar-refractivity contribution in [2.45, 2.75) is 17.7 Å². The Hall–Kier alpha value is -2.24. The molecule has 0 aromatic heterocycles. The van der Waals surface area contributed by atoms with Crippen LogP contribution in [0.15, 0.2) is 53.4 Å². The Labute approximate surface area is 129 Å². The molecule has 0 bridgehead atoms. The standard InChI is InChI=1S/C17H15NO3S/c18-22(20,21)14-8-5-12(6-9-14)11-16-15-4-2-1-3-13(15)7-10-17(16)19/h1-6,8-9,11H,7,10H2,(H2,18,20,21)/b16-11+. The van der Waals surface area contributed by atoms with E-state index in [-0.39, 0.29) is 10.7 Å². The topological polar surface area (TPSA) is 77.2 Å². The number of benzene rings is 2. The van der Waals surface area contributed by atoms with E-state index in [1.165, 1.54) is 12.1 Å². The normalized spacial score (nSPS) is 16.6. The number of ketones is 1. The average molecular weight is 313 g/mol. The first kappa shape index (κ1) is 14.7. The number of sulfonamides is 1. The Kier molecular flexibility index (Phi) is 3.68. The summed E-state index contributed by atoms with van der Waals surface area (Å²) < 4.78 is 22.5. The number of hydrogen-bond acceptors (Lipinski definition) is 3. The highest BCUT2D eigenvalue weighted by molar-refractivity contribution is 7.89. The summed E-state index contributed by atoms with van der Waals surface area (Å²) in [5, 5.41) is 5.08. The molecule has 1 aliphatic rings. The lowest BCUT2D eigenvalue weighted by Gasteiger charge is -2.17. The first-order chi connectivity index (χ1) is 10.4. The second-order valence-electron chi connectivity index (χ2n) is 5.25. The highest BCUT2D eigenvalue weighted by atomic mass is 32.2. The highest BCUT2D eigenvalue weighted by Crippen LogP contribution is 2.29. The molecule has 0 heterocycles. The molecule has 0 unspecified atom stereocenters. The third kappa shape index (κ3) is 2.86. The molecule has 4 nitrogen and oxygen atoms in total. The molecule has 22 heavy (non-hydrogen) atoms. The summed E-state index contributed by atoms with van der Waals surface area (Å²) >= 11 is 0. The van der Waals surface area contributed by atoms with Crippen molar-refractivity contribution < 1.29 is 13.2 Å². The number of hydrogen-bond donors (Lipinski definition) is 1. The number of allylic oxidation sites excluding steroid dienone is 1. The minimum Gasteiger partial charge on any atom is -0.294 e. The first-order valence-electron chi connectivity index (χ1n) is 6.91. The molecule has 0 amide bonds. The van der Waals surface area contributed by atoms with Crippen LogP contribution >= 0.6 is 0 Å². The van der Waals surface area contributed by atoms with Gasteiger partial charge in [-0.1, -0.05) is 36.4 Å². The summed E-state index contributed by atoms with van der Waals surface area (Å²) in [6.45, 7) is 0. The molecule has 2 aromatic rings. The molecule has 112 valence electrons. The Morgan fingerprint density at radius 1 is 0.955 bits per heavy atom. The molecule has 0 fully saturated rings. The number of primary sulfonamides is 1. The zero-order valence-electron chi connectivity index (χ0n) is 11.8. The van der Waals surface area contributed by atoms with Crippen molar-refractivity contribution in [2.24, 2.45) is 5.14 Å². The summed E-state index contributed by atoms with van der Waals surface area (Å²) in [7, 11) is -3.70. The largest absolute Gasteiger partial charge is 0.294 e. The van der Waals surface area contributed by atoms with Crippen molar-refractivity contribution in [3.05, 3.63) is 65.2 Å². The van der Waals surface area contributed by atoms with Crippen LogP contribution in [-0.4, -0.2) is 14.2 Å². The quantitative estimate of drug-likeness (QED) is 0.865. The third-order valence-corrected chi connectivity index (χ3v) is 4.68. The summed E-state index contributed by atoms with van der Waals surface area (Å²) in [5.74, 6) is 0.106. The van der Waals surface area contributed by atoms with Crippen molar-refractivity contribution in [1.82, 2.24) is 0 Å². The fourth-order valence-corrected chi connectivity index (χ4v) is 3.13. The van der Waals surface area contributed by atoms with Crippen LogP contribution in [0.3, 0.4) is 0 Å². The monoisotopic (exact) mass is 313 g/mol. The molecule has 0 saturated carbocycles. The second kappa shape index (κ2) is 5.51. The molecule has 5 heteroatoms. The van der Waals surface area contributed by atoms with E-state index in [9.17, 15) is 13.2 Å². The van der Waals surface area contributed by atoms with Gasteiger partial charge in [0.15, 0.2) is 5.78 Å². The molecule has 3 rings (SSSR count). The van der Waals surface area contributed by atoms with Crippen molar-refractivity contribution >= 4 is 27.5 Å². The van der Waals surface area contributed by atoms with Crippen LogP contribution in [-0.2, 0) is 21.2 Å². The summed E-state index contributed by atoms with van der Waals surface area (Å²) in [4.78, 5) is 12.3. The highest BCUT2D eigenvalue weighted by Gasteiger charge is 2.20. The average Bonchev–Trinajstić information content (AvgIpc) is 2.50. The minimum absolute atomic E-state index is 0.0602. The predicted molar refractivity (Wildman–Crippen MR) is 85.5 cm³/mol. The van der Waals surface area contributed by atoms with Crippen LogP contribution in [0.4, 0.5) is 0 Å². The van der Waals surface area contributed by atoms with Crippen molar-refractivity contribution in [3.63, 3.8) is 0 Å². The number of rotatable bonds is 2. The van der Waals surface area contributed by atoms with E-state index in [1.54, 1.807) is 18.2 Å². The van der Waals surface area contributed by atoms with E-state index in [0.29, 0.717) is 12.0 Å². The van der Waals surface area contributed by atoms with Crippen molar-refractivity contribution in [2.75, 3.05) is 0 Å². The number of carbonyl (C=O) groups excluding carboxylic acids is 1. The first-order valence-corrected chi connectivity index (χ1v) is 8.46. The SMILES string of the molecule is NS(=O)(=O)c1ccc(/C=C2/C(=O)CCc3ccccc32)cc1. The van der Waals surface area contributed by atoms with Crippen molar-refractivity contribution in [1.29, 1.82) is 0 Å². The van der Waals surface area contributed by atoms with Crippen LogP contribution in [0.5, 0.6) is 0 Å². The number of nitrogens with two attached hydrogens (primary N) is 1. The zero-order valence-corrected chi connectivity index (χ0v) is 12.6. The van der Waals surface area contributed by atoms with Crippen LogP contribution in [0.1, 0.15) is 23.1 Å². The number of fused-ring (bicyclic) bond motifs is 1. The zero-order chi connectivity index (χ0) is 15.7. The van der Waals surface area contributed by atoms with E-state index in [2.05, 4.69) is 0 Å². The predicted octanol–water partition coefficient (Wildman–Crippen LogP) is 2.39. The maximum atomic E-state index is 12.2. The maximum absolute atomic E-state index is 12.2. The van der Waals surface area contributed by atoms with Crippen LogP contribution in [0.25, 0.3) is 11.6 Å². The van der Waals surface area contributed by atoms with Gasteiger partial charge in [-0.25, -0.2) is 13.6 Å². The third-order valence-electron chi connectivity index (χ3n) is 3.75. The van der Waals surface area contributed by atoms with E-state index < -0.39 is 10.0 Å². The molecule has 0 atom stereocenters. The second-order valence-corrected chi connectivity index (χ2v) is 6.81. The number of aryl methyl sites for hydroxylation is 1. The molecule has 0 spiro atoms. The van der Waals surface area contributed by atoms with Gasteiger partial charge in [0.25, 0.3) is 0 Å². The molecular formula is C17H15NO3S. The molecule has 2 aromatic carbocycles. The van der Waals surface area contributed by atoms with Gasteiger partial charge in [0.2, 0.25) is 10.0 Å². The van der Waals surface area contributed by atoms with E-state index in [4.69, 9.17) is 5.14 Å². The molecular weight excluding hydrogens is 298 g/mol. The lowest BCUT2D eigenvalue weighted by molar-refractivity contribution is -0.113. The van der Waals surface area contributed by atoms with Gasteiger partial charge in [0.05, 0.1) is 4.90 Å². The lowest BCUT2D eigenvalue weighted by Crippen LogP contribution is -2.12. The van der Waals surface area contributed by atoms with Gasteiger partial charge in [0, 0.05) is 12.0 Å². The summed E-state index contributed by atoms with van der Waals surface area (Å²) in [5.41, 5.74) is 3.56. The molecule has 0 radical (unpaired) electrons. The van der Waals surface area contributed by atoms with E-state index >= 15 is 0 Å². The number of carbonyl (C=O) groups is 1. The Morgan fingerprint density at radius 3 is 2.32 bits per heavy atom. The number of Topliss-reactive ketones (excluding diaryl/α,β-unsaturated/α-hetero) is 1. The Bertz CT molecular complexity index is 865.